The highest BCUT2D eigenvalue weighted by atomic mass is 32.1. The lowest BCUT2D eigenvalue weighted by Gasteiger charge is -2.36. The van der Waals surface area contributed by atoms with E-state index in [0.29, 0.717) is 6.61 Å². The summed E-state index contributed by atoms with van der Waals surface area (Å²) in [5.41, 5.74) is 2.33. The van der Waals surface area contributed by atoms with Crippen molar-refractivity contribution in [2.24, 2.45) is 0 Å². The van der Waals surface area contributed by atoms with Gasteiger partial charge in [-0.15, -0.1) is 11.3 Å². The van der Waals surface area contributed by atoms with Gasteiger partial charge in [-0.05, 0) is 42.1 Å². The number of thiophene rings is 1. The topological polar surface area (TPSA) is 41.7 Å². The molecule has 3 heterocycles. The first-order valence-corrected chi connectivity index (χ1v) is 11.3. The lowest BCUT2D eigenvalue weighted by Crippen LogP contribution is -2.46. The van der Waals surface area contributed by atoms with E-state index in [2.05, 4.69) is 51.4 Å². The summed E-state index contributed by atoms with van der Waals surface area (Å²) < 4.78 is 11.6. The number of aromatic nitrogens is 1. The van der Waals surface area contributed by atoms with Crippen LogP contribution in [0.1, 0.15) is 6.42 Å². The monoisotopic (exact) mass is 419 g/mol. The number of hydrogen-bond donors (Lipinski definition) is 0. The van der Waals surface area contributed by atoms with Crippen molar-refractivity contribution in [1.82, 2.24) is 10.1 Å². The molecular formula is C24H25N3O2S. The Morgan fingerprint density at radius 3 is 2.70 bits per heavy atom. The van der Waals surface area contributed by atoms with E-state index in [4.69, 9.17) is 9.26 Å². The SMILES string of the molecule is c1ccc(N2CCN(CCCOc3cccc(-c4onc5sccc45)c3)CC2)cc1. The summed E-state index contributed by atoms with van der Waals surface area (Å²) in [7, 11) is 0. The fourth-order valence-electron chi connectivity index (χ4n) is 3.96. The lowest BCUT2D eigenvalue weighted by molar-refractivity contribution is 0.225. The summed E-state index contributed by atoms with van der Waals surface area (Å²) in [5, 5.41) is 7.23. The summed E-state index contributed by atoms with van der Waals surface area (Å²) in [4.78, 5) is 5.93. The molecule has 0 atom stereocenters. The Bertz CT molecular complexity index is 1080. The number of para-hydroxylation sites is 1. The van der Waals surface area contributed by atoms with E-state index in [1.165, 1.54) is 5.69 Å². The number of rotatable bonds is 7. The average molecular weight is 420 g/mol. The molecule has 1 aliphatic rings. The molecular weight excluding hydrogens is 394 g/mol. The summed E-state index contributed by atoms with van der Waals surface area (Å²) in [6, 6.07) is 20.8. The smallest absolute Gasteiger partial charge is 0.175 e. The Morgan fingerprint density at radius 2 is 1.83 bits per heavy atom. The maximum atomic E-state index is 6.02. The first-order chi connectivity index (χ1) is 14.9. The molecule has 2 aromatic carbocycles. The van der Waals surface area contributed by atoms with Crippen LogP contribution in [0.2, 0.25) is 0 Å². The third-order valence-corrected chi connectivity index (χ3v) is 6.38. The highest BCUT2D eigenvalue weighted by Crippen LogP contribution is 2.33. The van der Waals surface area contributed by atoms with E-state index >= 15 is 0 Å². The van der Waals surface area contributed by atoms with Crippen molar-refractivity contribution in [3.05, 3.63) is 66.0 Å². The molecule has 6 heteroatoms. The Kier molecular flexibility index (Phi) is 5.68. The molecule has 0 unspecified atom stereocenters. The van der Waals surface area contributed by atoms with Crippen LogP contribution in [0.4, 0.5) is 5.69 Å². The Balaban J connectivity index is 1.09. The van der Waals surface area contributed by atoms with Crippen LogP contribution >= 0.6 is 11.3 Å². The predicted molar refractivity (Wildman–Crippen MR) is 123 cm³/mol. The molecule has 0 aliphatic carbocycles. The number of piperazine rings is 1. The maximum Gasteiger partial charge on any atom is 0.175 e. The molecule has 30 heavy (non-hydrogen) atoms. The molecule has 1 aliphatic heterocycles. The third-order valence-electron chi connectivity index (χ3n) is 5.59. The molecule has 5 nitrogen and oxygen atoms in total. The van der Waals surface area contributed by atoms with Gasteiger partial charge < -0.3 is 14.2 Å². The second-order valence-electron chi connectivity index (χ2n) is 7.55. The minimum atomic E-state index is 0.715. The van der Waals surface area contributed by atoms with Gasteiger partial charge in [-0.2, -0.15) is 0 Å². The average Bonchev–Trinajstić information content (AvgIpc) is 3.42. The quantitative estimate of drug-likeness (QED) is 0.388. The summed E-state index contributed by atoms with van der Waals surface area (Å²) in [5.74, 6) is 1.69. The zero-order chi connectivity index (χ0) is 20.2. The van der Waals surface area contributed by atoms with Gasteiger partial charge >= 0.3 is 0 Å². The van der Waals surface area contributed by atoms with Crippen LogP contribution in [0.25, 0.3) is 21.5 Å². The van der Waals surface area contributed by atoms with Gasteiger partial charge in [0.05, 0.1) is 12.0 Å². The minimum Gasteiger partial charge on any atom is -0.494 e. The molecule has 5 rings (SSSR count). The standard InChI is InChI=1S/C24H25N3O2S/c1-2-7-20(8-3-1)27-14-12-26(13-15-27)11-5-16-28-21-9-4-6-19(18-21)23-22-10-17-30-24(22)25-29-23/h1-4,6-10,17-18H,5,11-16H2. The van der Waals surface area contributed by atoms with Gasteiger partial charge in [-0.1, -0.05) is 35.5 Å². The third kappa shape index (κ3) is 4.20. The fraction of sp³-hybridized carbons (Fsp3) is 0.292. The number of hydrogen-bond acceptors (Lipinski definition) is 6. The molecule has 0 N–H and O–H groups in total. The van der Waals surface area contributed by atoms with Crippen molar-refractivity contribution in [2.75, 3.05) is 44.2 Å². The Hall–Kier alpha value is -2.83. The molecule has 4 aromatic rings. The second-order valence-corrected chi connectivity index (χ2v) is 8.44. The van der Waals surface area contributed by atoms with Gasteiger partial charge in [0.15, 0.2) is 10.6 Å². The van der Waals surface area contributed by atoms with Crippen LogP contribution in [0.15, 0.2) is 70.6 Å². The van der Waals surface area contributed by atoms with Gasteiger partial charge in [0.25, 0.3) is 0 Å². The van der Waals surface area contributed by atoms with Gasteiger partial charge in [-0.25, -0.2) is 0 Å². The highest BCUT2D eigenvalue weighted by Gasteiger charge is 2.16. The number of anilines is 1. The van der Waals surface area contributed by atoms with E-state index in [1.807, 2.05) is 29.6 Å². The summed E-state index contributed by atoms with van der Waals surface area (Å²) in [6.45, 7) is 6.16. The van der Waals surface area contributed by atoms with Crippen molar-refractivity contribution in [2.45, 2.75) is 6.42 Å². The maximum absolute atomic E-state index is 6.02. The molecule has 1 saturated heterocycles. The number of benzene rings is 2. The van der Waals surface area contributed by atoms with Crippen molar-refractivity contribution < 1.29 is 9.26 Å². The first-order valence-electron chi connectivity index (χ1n) is 10.5. The van der Waals surface area contributed by atoms with Gasteiger partial charge in [-0.3, -0.25) is 4.90 Å². The van der Waals surface area contributed by atoms with Crippen LogP contribution in [0.3, 0.4) is 0 Å². The van der Waals surface area contributed by atoms with E-state index in [-0.39, 0.29) is 0 Å². The van der Waals surface area contributed by atoms with Crippen molar-refractivity contribution >= 4 is 27.2 Å². The van der Waals surface area contributed by atoms with E-state index in [9.17, 15) is 0 Å². The van der Waals surface area contributed by atoms with Gasteiger partial charge in [0, 0.05) is 44.0 Å². The van der Waals surface area contributed by atoms with Gasteiger partial charge in [0.1, 0.15) is 5.75 Å². The first kappa shape index (κ1) is 19.2. The van der Waals surface area contributed by atoms with E-state index in [0.717, 1.165) is 66.4 Å². The normalized spacial score (nSPS) is 15.0. The van der Waals surface area contributed by atoms with Crippen molar-refractivity contribution in [3.8, 4) is 17.1 Å². The zero-order valence-corrected chi connectivity index (χ0v) is 17.7. The Morgan fingerprint density at radius 1 is 0.967 bits per heavy atom. The lowest BCUT2D eigenvalue weighted by atomic mass is 10.1. The van der Waals surface area contributed by atoms with Crippen molar-refractivity contribution in [3.63, 3.8) is 0 Å². The largest absolute Gasteiger partial charge is 0.494 e. The summed E-state index contributed by atoms with van der Waals surface area (Å²) >= 11 is 1.59. The highest BCUT2D eigenvalue weighted by molar-refractivity contribution is 7.16. The number of nitrogens with zero attached hydrogens (tertiary/aromatic N) is 3. The van der Waals surface area contributed by atoms with Crippen LogP contribution < -0.4 is 9.64 Å². The molecule has 0 amide bonds. The van der Waals surface area contributed by atoms with Crippen LogP contribution in [0.5, 0.6) is 5.75 Å². The number of ether oxygens (including phenoxy) is 1. The molecule has 0 spiro atoms. The van der Waals surface area contributed by atoms with E-state index < -0.39 is 0 Å². The molecule has 0 bridgehead atoms. The second kappa shape index (κ2) is 8.90. The van der Waals surface area contributed by atoms with Crippen molar-refractivity contribution in [1.29, 1.82) is 0 Å². The van der Waals surface area contributed by atoms with Crippen LogP contribution in [-0.4, -0.2) is 49.4 Å². The predicted octanol–water partition coefficient (Wildman–Crippen LogP) is 5.15. The molecule has 0 saturated carbocycles. The molecule has 2 aromatic heterocycles. The van der Waals surface area contributed by atoms with E-state index in [1.54, 1.807) is 11.3 Å². The molecule has 154 valence electrons. The Labute approximate surface area is 180 Å². The van der Waals surface area contributed by atoms with Crippen LogP contribution in [-0.2, 0) is 0 Å². The van der Waals surface area contributed by atoms with Crippen LogP contribution in [0, 0.1) is 0 Å². The molecule has 0 radical (unpaired) electrons. The summed E-state index contributed by atoms with van der Waals surface area (Å²) in [6.07, 6.45) is 1.02. The zero-order valence-electron chi connectivity index (χ0n) is 16.9. The molecule has 1 fully saturated rings. The number of fused-ring (bicyclic) bond motifs is 1. The van der Waals surface area contributed by atoms with Gasteiger partial charge in [0.2, 0.25) is 0 Å². The minimum absolute atomic E-state index is 0.715. The fourth-order valence-corrected chi connectivity index (χ4v) is 4.66.